The summed E-state index contributed by atoms with van der Waals surface area (Å²) in [5, 5.41) is 9.11. The summed E-state index contributed by atoms with van der Waals surface area (Å²) in [6.45, 7) is 2.53. The summed E-state index contributed by atoms with van der Waals surface area (Å²) in [6, 6.07) is 3.27. The summed E-state index contributed by atoms with van der Waals surface area (Å²) in [6.07, 6.45) is 0.693. The predicted molar refractivity (Wildman–Crippen MR) is 77.2 cm³/mol. The summed E-state index contributed by atoms with van der Waals surface area (Å²) in [4.78, 5) is 0.234. The largest absolute Gasteiger partial charge is 0.398 e. The van der Waals surface area contributed by atoms with Gasteiger partial charge in [-0.05, 0) is 37.0 Å². The van der Waals surface area contributed by atoms with Crippen molar-refractivity contribution in [2.24, 2.45) is 5.92 Å². The van der Waals surface area contributed by atoms with Gasteiger partial charge in [-0.15, -0.1) is 0 Å². The molecule has 1 unspecified atom stereocenters. The molecule has 0 bridgehead atoms. The second-order valence-electron chi connectivity index (χ2n) is 4.82. The van der Waals surface area contributed by atoms with Crippen molar-refractivity contribution in [3.05, 3.63) is 22.2 Å². The van der Waals surface area contributed by atoms with Crippen LogP contribution in [-0.2, 0) is 10.0 Å². The van der Waals surface area contributed by atoms with Crippen LogP contribution < -0.4 is 5.73 Å². The van der Waals surface area contributed by atoms with Crippen LogP contribution in [0.4, 0.5) is 5.69 Å². The Kier molecular flexibility index (Phi) is 4.20. The zero-order valence-corrected chi connectivity index (χ0v) is 13.0. The van der Waals surface area contributed by atoms with E-state index in [1.165, 1.54) is 4.31 Å². The first kappa shape index (κ1) is 14.8. The van der Waals surface area contributed by atoms with Crippen LogP contribution in [0, 0.1) is 12.8 Å². The van der Waals surface area contributed by atoms with Gasteiger partial charge in [-0.3, -0.25) is 0 Å². The third kappa shape index (κ3) is 2.79. The van der Waals surface area contributed by atoms with Crippen molar-refractivity contribution in [2.75, 3.05) is 25.4 Å². The van der Waals surface area contributed by atoms with Gasteiger partial charge in [0.25, 0.3) is 0 Å². The number of nitrogens with two attached hydrogens (primary N) is 1. The number of nitrogen functional groups attached to an aromatic ring is 1. The first-order chi connectivity index (χ1) is 8.86. The molecule has 0 radical (unpaired) electrons. The Hall–Kier alpha value is -0.630. The van der Waals surface area contributed by atoms with Crippen molar-refractivity contribution in [1.82, 2.24) is 4.31 Å². The molecule has 7 heteroatoms. The van der Waals surface area contributed by atoms with Gasteiger partial charge in [0.2, 0.25) is 10.0 Å². The molecule has 1 aromatic rings. The Morgan fingerprint density at radius 3 is 2.79 bits per heavy atom. The number of sulfonamides is 1. The van der Waals surface area contributed by atoms with Gasteiger partial charge in [-0.2, -0.15) is 4.31 Å². The molecule has 1 saturated heterocycles. The van der Waals surface area contributed by atoms with Crippen molar-refractivity contribution >= 4 is 31.6 Å². The number of nitrogens with zero attached hydrogens (tertiary/aromatic N) is 1. The molecule has 1 fully saturated rings. The second kappa shape index (κ2) is 5.40. The topological polar surface area (TPSA) is 83.6 Å². The number of hydrogen-bond donors (Lipinski definition) is 2. The lowest BCUT2D eigenvalue weighted by molar-refractivity contribution is 0.233. The monoisotopic (exact) mass is 348 g/mol. The third-order valence-corrected chi connectivity index (χ3v) is 5.94. The van der Waals surface area contributed by atoms with Gasteiger partial charge in [0, 0.05) is 29.9 Å². The molecular formula is C12H17BrN2O3S. The molecule has 1 atom stereocenters. The maximum absolute atomic E-state index is 12.6. The smallest absolute Gasteiger partial charge is 0.243 e. The minimum Gasteiger partial charge on any atom is -0.398 e. The van der Waals surface area contributed by atoms with Crippen LogP contribution in [0.3, 0.4) is 0 Å². The molecule has 3 N–H and O–H groups in total. The molecule has 19 heavy (non-hydrogen) atoms. The Balaban J connectivity index is 2.41. The lowest BCUT2D eigenvalue weighted by Crippen LogP contribution is -2.30. The summed E-state index contributed by atoms with van der Waals surface area (Å²) in [5.74, 6) is 0.0274. The quantitative estimate of drug-likeness (QED) is 0.807. The van der Waals surface area contributed by atoms with E-state index in [-0.39, 0.29) is 17.4 Å². The van der Waals surface area contributed by atoms with Crippen molar-refractivity contribution in [1.29, 1.82) is 0 Å². The SMILES string of the molecule is Cc1c(N)cc(Br)cc1S(=O)(=O)N1CCC(CO)C1. The van der Waals surface area contributed by atoms with Gasteiger partial charge in [-0.25, -0.2) is 8.42 Å². The molecule has 5 nitrogen and oxygen atoms in total. The highest BCUT2D eigenvalue weighted by Crippen LogP contribution is 2.31. The van der Waals surface area contributed by atoms with Gasteiger partial charge in [0.1, 0.15) is 0 Å². The van der Waals surface area contributed by atoms with E-state index in [1.807, 2.05) is 0 Å². The standard InChI is InChI=1S/C12H17BrN2O3S/c1-8-11(14)4-10(13)5-12(8)19(17,18)15-3-2-9(6-15)7-16/h4-5,9,16H,2-3,6-7,14H2,1H3. The molecule has 2 rings (SSSR count). The van der Waals surface area contributed by atoms with Crippen LogP contribution in [0.15, 0.2) is 21.5 Å². The molecule has 106 valence electrons. The number of aliphatic hydroxyl groups is 1. The van der Waals surface area contributed by atoms with E-state index in [9.17, 15) is 8.42 Å². The molecule has 0 spiro atoms. The Bertz CT molecular complexity index is 589. The Labute approximate surface area is 121 Å². The molecule has 0 aliphatic carbocycles. The van der Waals surface area contributed by atoms with Crippen LogP contribution in [0.5, 0.6) is 0 Å². The zero-order chi connectivity index (χ0) is 14.2. The van der Waals surface area contributed by atoms with E-state index in [2.05, 4.69) is 15.9 Å². The zero-order valence-electron chi connectivity index (χ0n) is 10.6. The van der Waals surface area contributed by atoms with Gasteiger partial charge in [0.15, 0.2) is 0 Å². The summed E-state index contributed by atoms with van der Waals surface area (Å²) in [7, 11) is -3.55. The predicted octanol–water partition coefficient (Wildman–Crippen LogP) is 1.34. The highest BCUT2D eigenvalue weighted by atomic mass is 79.9. The van der Waals surface area contributed by atoms with Crippen molar-refractivity contribution in [3.8, 4) is 0 Å². The molecule has 1 heterocycles. The lowest BCUT2D eigenvalue weighted by atomic mass is 10.1. The van der Waals surface area contributed by atoms with E-state index >= 15 is 0 Å². The molecule has 1 aliphatic heterocycles. The number of rotatable bonds is 3. The van der Waals surface area contributed by atoms with Crippen molar-refractivity contribution in [3.63, 3.8) is 0 Å². The van der Waals surface area contributed by atoms with Gasteiger partial charge < -0.3 is 10.8 Å². The normalized spacial score (nSPS) is 20.9. The average Bonchev–Trinajstić information content (AvgIpc) is 2.83. The molecule has 1 aromatic carbocycles. The fraction of sp³-hybridized carbons (Fsp3) is 0.500. The first-order valence-corrected chi connectivity index (χ1v) is 8.26. The highest BCUT2D eigenvalue weighted by molar-refractivity contribution is 9.10. The number of halogens is 1. The summed E-state index contributed by atoms with van der Waals surface area (Å²) < 4.78 is 27.2. The second-order valence-corrected chi connectivity index (χ2v) is 7.64. The maximum Gasteiger partial charge on any atom is 0.243 e. The number of aliphatic hydroxyl groups excluding tert-OH is 1. The maximum atomic E-state index is 12.6. The van der Waals surface area contributed by atoms with E-state index in [4.69, 9.17) is 10.8 Å². The minimum absolute atomic E-state index is 0.0195. The van der Waals surface area contributed by atoms with Crippen molar-refractivity contribution < 1.29 is 13.5 Å². The molecule has 0 aromatic heterocycles. The van der Waals surface area contributed by atoms with Gasteiger partial charge >= 0.3 is 0 Å². The average molecular weight is 349 g/mol. The van der Waals surface area contributed by atoms with Gasteiger partial charge in [0.05, 0.1) is 4.90 Å². The fourth-order valence-corrected chi connectivity index (χ4v) is 4.68. The van der Waals surface area contributed by atoms with E-state index in [1.54, 1.807) is 19.1 Å². The van der Waals surface area contributed by atoms with Crippen molar-refractivity contribution in [2.45, 2.75) is 18.2 Å². The van der Waals surface area contributed by atoms with Crippen LogP contribution >= 0.6 is 15.9 Å². The highest BCUT2D eigenvalue weighted by Gasteiger charge is 2.33. The fourth-order valence-electron chi connectivity index (χ4n) is 2.25. The number of benzene rings is 1. The summed E-state index contributed by atoms with van der Waals surface area (Å²) in [5.41, 5.74) is 6.83. The molecule has 0 amide bonds. The lowest BCUT2D eigenvalue weighted by Gasteiger charge is -2.19. The van der Waals surface area contributed by atoms with Crippen LogP contribution in [0.2, 0.25) is 0 Å². The minimum atomic E-state index is -3.55. The third-order valence-electron chi connectivity index (χ3n) is 3.49. The number of hydrogen-bond acceptors (Lipinski definition) is 4. The molecular weight excluding hydrogens is 332 g/mol. The Morgan fingerprint density at radius 1 is 1.53 bits per heavy atom. The summed E-state index contributed by atoms with van der Waals surface area (Å²) >= 11 is 3.27. The molecule has 0 saturated carbocycles. The molecule has 1 aliphatic rings. The van der Waals surface area contributed by atoms with Crippen LogP contribution in [0.1, 0.15) is 12.0 Å². The Morgan fingerprint density at radius 2 is 2.21 bits per heavy atom. The van der Waals surface area contributed by atoms with E-state index < -0.39 is 10.0 Å². The number of anilines is 1. The first-order valence-electron chi connectivity index (χ1n) is 6.03. The van der Waals surface area contributed by atoms with E-state index in [0.29, 0.717) is 35.2 Å². The van der Waals surface area contributed by atoms with Gasteiger partial charge in [-0.1, -0.05) is 15.9 Å². The van der Waals surface area contributed by atoms with Crippen LogP contribution in [-0.4, -0.2) is 37.5 Å². The van der Waals surface area contributed by atoms with E-state index in [0.717, 1.165) is 0 Å². The van der Waals surface area contributed by atoms with Crippen LogP contribution in [0.25, 0.3) is 0 Å².